The Labute approximate surface area is 116 Å². The first-order valence-corrected chi connectivity index (χ1v) is 6.66. The lowest BCUT2D eigenvalue weighted by Crippen LogP contribution is -2.21. The van der Waals surface area contributed by atoms with Crippen LogP contribution in [0.5, 0.6) is 0 Å². The molecule has 1 aliphatic carbocycles. The fourth-order valence-electron chi connectivity index (χ4n) is 2.67. The van der Waals surface area contributed by atoms with Crippen molar-refractivity contribution in [3.05, 3.63) is 40.0 Å². The maximum atomic E-state index is 11.4. The van der Waals surface area contributed by atoms with E-state index in [0.717, 1.165) is 19.3 Å². The highest BCUT2D eigenvalue weighted by Crippen LogP contribution is 2.35. The number of nitrogens with zero attached hydrogens (tertiary/aromatic N) is 1. The summed E-state index contributed by atoms with van der Waals surface area (Å²) in [7, 11) is 0. The topological polar surface area (TPSA) is 84.3 Å². The maximum Gasteiger partial charge on any atom is 0.292 e. The molecule has 104 valence electrons. The second-order valence-electron chi connectivity index (χ2n) is 5.13. The Morgan fingerprint density at radius 1 is 1.35 bits per heavy atom. The number of allylic oxidation sites excluding steroid dienone is 1. The number of nitro groups is 1. The Balaban J connectivity index is 1.92. The number of fused-ring (bicyclic) bond motifs is 1. The van der Waals surface area contributed by atoms with E-state index < -0.39 is 4.92 Å². The highest BCUT2D eigenvalue weighted by molar-refractivity contribution is 6.00. The molecule has 0 spiro atoms. The van der Waals surface area contributed by atoms with Crippen LogP contribution in [0, 0.1) is 10.1 Å². The predicted molar refractivity (Wildman–Crippen MR) is 75.8 cm³/mol. The van der Waals surface area contributed by atoms with Crippen molar-refractivity contribution in [3.63, 3.8) is 0 Å². The number of carbonyl (C=O) groups excluding carboxylic acids is 1. The van der Waals surface area contributed by atoms with E-state index >= 15 is 0 Å². The molecule has 2 aliphatic rings. The summed E-state index contributed by atoms with van der Waals surface area (Å²) in [5, 5.41) is 17.1. The largest absolute Gasteiger partial charge is 0.376 e. The van der Waals surface area contributed by atoms with Gasteiger partial charge in [0.2, 0.25) is 5.91 Å². The number of hydrogen-bond donors (Lipinski definition) is 2. The van der Waals surface area contributed by atoms with Crippen molar-refractivity contribution in [1.29, 1.82) is 0 Å². The van der Waals surface area contributed by atoms with Crippen LogP contribution in [-0.2, 0) is 11.2 Å². The molecule has 0 aromatic heterocycles. The molecule has 1 aromatic rings. The smallest absolute Gasteiger partial charge is 0.292 e. The van der Waals surface area contributed by atoms with Crippen LogP contribution in [-0.4, -0.2) is 16.9 Å². The second-order valence-corrected chi connectivity index (χ2v) is 5.13. The zero-order chi connectivity index (χ0) is 14.1. The summed E-state index contributed by atoms with van der Waals surface area (Å²) in [6.45, 7) is 0. The number of anilines is 2. The average Bonchev–Trinajstić information content (AvgIpc) is 2.78. The Hall–Kier alpha value is -2.37. The van der Waals surface area contributed by atoms with Crippen LogP contribution in [0.25, 0.3) is 0 Å². The molecule has 0 fully saturated rings. The standard InChI is InChI=1S/C14H15N3O3/c18-14-7-9-6-13(17(19)20)12(8-11(9)16-14)15-10-4-2-1-3-5-10/h1-2,6,8,10,15H,3-5,7H2,(H,16,18). The molecule has 0 saturated heterocycles. The van der Waals surface area contributed by atoms with Crippen LogP contribution in [0.1, 0.15) is 24.8 Å². The highest BCUT2D eigenvalue weighted by Gasteiger charge is 2.25. The number of hydrogen-bond acceptors (Lipinski definition) is 4. The van der Waals surface area contributed by atoms with E-state index in [2.05, 4.69) is 22.8 Å². The van der Waals surface area contributed by atoms with Gasteiger partial charge in [-0.2, -0.15) is 0 Å². The third-order valence-corrected chi connectivity index (χ3v) is 3.67. The maximum absolute atomic E-state index is 11.4. The van der Waals surface area contributed by atoms with Gasteiger partial charge in [-0.15, -0.1) is 0 Å². The summed E-state index contributed by atoms with van der Waals surface area (Å²) in [6, 6.07) is 3.37. The van der Waals surface area contributed by atoms with Crippen LogP contribution in [0.2, 0.25) is 0 Å². The second kappa shape index (κ2) is 4.96. The fraction of sp³-hybridized carbons (Fsp3) is 0.357. The minimum Gasteiger partial charge on any atom is -0.376 e. The lowest BCUT2D eigenvalue weighted by molar-refractivity contribution is -0.384. The minimum atomic E-state index is -0.399. The third-order valence-electron chi connectivity index (χ3n) is 3.67. The summed E-state index contributed by atoms with van der Waals surface area (Å²) < 4.78 is 0. The zero-order valence-corrected chi connectivity index (χ0v) is 10.9. The summed E-state index contributed by atoms with van der Waals surface area (Å²) in [5.41, 5.74) is 1.89. The molecule has 3 rings (SSSR count). The SMILES string of the molecule is O=C1Cc2cc([N+](=O)[O-])c(NC3CC=CCC3)cc2N1. The van der Waals surface area contributed by atoms with Gasteiger partial charge in [0.1, 0.15) is 5.69 Å². The lowest BCUT2D eigenvalue weighted by Gasteiger charge is -2.20. The van der Waals surface area contributed by atoms with Gasteiger partial charge in [-0.3, -0.25) is 14.9 Å². The number of amides is 1. The van der Waals surface area contributed by atoms with Crippen molar-refractivity contribution in [3.8, 4) is 0 Å². The van der Waals surface area contributed by atoms with Crippen molar-refractivity contribution in [2.45, 2.75) is 31.7 Å². The van der Waals surface area contributed by atoms with Gasteiger partial charge >= 0.3 is 0 Å². The molecule has 0 radical (unpaired) electrons. The van der Waals surface area contributed by atoms with Crippen LogP contribution < -0.4 is 10.6 Å². The molecule has 1 aliphatic heterocycles. The number of nitro benzene ring substituents is 1. The summed E-state index contributed by atoms with van der Waals surface area (Å²) in [4.78, 5) is 22.2. The van der Waals surface area contributed by atoms with Gasteiger partial charge < -0.3 is 10.6 Å². The molecular formula is C14H15N3O3. The van der Waals surface area contributed by atoms with E-state index in [-0.39, 0.29) is 24.1 Å². The number of nitrogens with one attached hydrogen (secondary N) is 2. The molecule has 1 amide bonds. The first-order valence-electron chi connectivity index (χ1n) is 6.66. The monoisotopic (exact) mass is 273 g/mol. The van der Waals surface area contributed by atoms with Crippen LogP contribution in [0.4, 0.5) is 17.1 Å². The van der Waals surface area contributed by atoms with Gasteiger partial charge in [0, 0.05) is 17.8 Å². The molecule has 1 atom stereocenters. The first kappa shape index (κ1) is 12.7. The molecule has 1 heterocycles. The molecule has 2 N–H and O–H groups in total. The zero-order valence-electron chi connectivity index (χ0n) is 10.9. The Kier molecular flexibility index (Phi) is 3.14. The molecule has 6 heteroatoms. The lowest BCUT2D eigenvalue weighted by atomic mass is 10.0. The van der Waals surface area contributed by atoms with Crippen molar-refractivity contribution < 1.29 is 9.72 Å². The van der Waals surface area contributed by atoms with Gasteiger partial charge in [-0.25, -0.2) is 0 Å². The molecular weight excluding hydrogens is 258 g/mol. The van der Waals surface area contributed by atoms with Crippen LogP contribution in [0.3, 0.4) is 0 Å². The minimum absolute atomic E-state index is 0.0369. The van der Waals surface area contributed by atoms with E-state index in [1.54, 1.807) is 6.07 Å². The Morgan fingerprint density at radius 2 is 2.20 bits per heavy atom. The molecule has 1 unspecified atom stereocenters. The van der Waals surface area contributed by atoms with Gasteiger partial charge in [0.05, 0.1) is 11.3 Å². The normalized spacial score (nSPS) is 20.4. The van der Waals surface area contributed by atoms with E-state index in [1.807, 2.05) is 0 Å². The number of benzene rings is 1. The average molecular weight is 273 g/mol. The van der Waals surface area contributed by atoms with Gasteiger partial charge in [-0.05, 0) is 30.9 Å². The summed E-state index contributed by atoms with van der Waals surface area (Å²) >= 11 is 0. The van der Waals surface area contributed by atoms with Gasteiger partial charge in [0.15, 0.2) is 0 Å². The first-order chi connectivity index (χ1) is 9.63. The van der Waals surface area contributed by atoms with Crippen molar-refractivity contribution in [1.82, 2.24) is 0 Å². The Morgan fingerprint density at radius 3 is 2.90 bits per heavy atom. The van der Waals surface area contributed by atoms with E-state index in [0.29, 0.717) is 16.9 Å². The third kappa shape index (κ3) is 2.36. The van der Waals surface area contributed by atoms with Crippen molar-refractivity contribution in [2.75, 3.05) is 10.6 Å². The van der Waals surface area contributed by atoms with E-state index in [4.69, 9.17) is 0 Å². The predicted octanol–water partition coefficient (Wildman–Crippen LogP) is 2.61. The fourth-order valence-corrected chi connectivity index (χ4v) is 2.67. The summed E-state index contributed by atoms with van der Waals surface area (Å²) in [5.74, 6) is -0.118. The molecule has 0 bridgehead atoms. The molecule has 1 aromatic carbocycles. The van der Waals surface area contributed by atoms with E-state index in [9.17, 15) is 14.9 Å². The summed E-state index contributed by atoms with van der Waals surface area (Å²) in [6.07, 6.45) is 7.21. The number of rotatable bonds is 3. The van der Waals surface area contributed by atoms with Crippen LogP contribution >= 0.6 is 0 Å². The van der Waals surface area contributed by atoms with E-state index in [1.165, 1.54) is 6.07 Å². The Bertz CT molecular complexity index is 610. The van der Waals surface area contributed by atoms with Crippen LogP contribution in [0.15, 0.2) is 24.3 Å². The quantitative estimate of drug-likeness (QED) is 0.503. The number of carbonyl (C=O) groups is 1. The van der Waals surface area contributed by atoms with Gasteiger partial charge in [0.25, 0.3) is 5.69 Å². The van der Waals surface area contributed by atoms with Crippen molar-refractivity contribution >= 4 is 23.0 Å². The van der Waals surface area contributed by atoms with Crippen molar-refractivity contribution in [2.24, 2.45) is 0 Å². The molecule has 6 nitrogen and oxygen atoms in total. The molecule has 0 saturated carbocycles. The highest BCUT2D eigenvalue weighted by atomic mass is 16.6. The van der Waals surface area contributed by atoms with Gasteiger partial charge in [-0.1, -0.05) is 12.2 Å². The molecule has 20 heavy (non-hydrogen) atoms.